The summed E-state index contributed by atoms with van der Waals surface area (Å²) in [6.45, 7) is 1.07. The van der Waals surface area contributed by atoms with Gasteiger partial charge in [0.2, 0.25) is 5.28 Å². The Morgan fingerprint density at radius 1 is 1.33 bits per heavy atom. The molecule has 1 aromatic heterocycles. The van der Waals surface area contributed by atoms with E-state index in [4.69, 9.17) is 23.2 Å². The number of piperidine rings is 1. The molecule has 2 bridgehead atoms. The fraction of sp³-hybridized carbons (Fsp3) is 0.600. The molecule has 2 aliphatic rings. The van der Waals surface area contributed by atoms with Crippen LogP contribution in [0.1, 0.15) is 19.3 Å². The van der Waals surface area contributed by atoms with E-state index in [-0.39, 0.29) is 5.28 Å². The zero-order chi connectivity index (χ0) is 10.4. The van der Waals surface area contributed by atoms with Gasteiger partial charge in [-0.15, -0.1) is 0 Å². The van der Waals surface area contributed by atoms with Gasteiger partial charge in [-0.05, 0) is 36.8 Å². The predicted octanol–water partition coefficient (Wildman–Crippen LogP) is 2.77. The van der Waals surface area contributed by atoms with Crippen molar-refractivity contribution < 1.29 is 0 Å². The average molecular weight is 244 g/mol. The first-order valence-corrected chi connectivity index (χ1v) is 5.94. The molecule has 3 rings (SSSR count). The van der Waals surface area contributed by atoms with E-state index in [1.54, 1.807) is 6.20 Å². The van der Waals surface area contributed by atoms with Gasteiger partial charge >= 0.3 is 0 Å². The molecule has 2 unspecified atom stereocenters. The van der Waals surface area contributed by atoms with Gasteiger partial charge in [-0.1, -0.05) is 11.6 Å². The minimum atomic E-state index is 0.275. The molecule has 1 aromatic rings. The van der Waals surface area contributed by atoms with E-state index in [1.165, 1.54) is 19.3 Å². The molecule has 0 amide bonds. The van der Waals surface area contributed by atoms with Gasteiger partial charge in [0.15, 0.2) is 5.82 Å². The zero-order valence-corrected chi connectivity index (χ0v) is 9.67. The fourth-order valence-corrected chi connectivity index (χ4v) is 3.05. The number of hydrogen-bond acceptors (Lipinski definition) is 3. The normalized spacial score (nSPS) is 28.8. The molecule has 0 radical (unpaired) electrons. The third-order valence-electron chi connectivity index (χ3n) is 3.38. The quantitative estimate of drug-likeness (QED) is 0.711. The molecule has 1 saturated carbocycles. The zero-order valence-electron chi connectivity index (χ0n) is 8.16. The van der Waals surface area contributed by atoms with Crippen molar-refractivity contribution in [2.75, 3.05) is 11.4 Å². The van der Waals surface area contributed by atoms with Crippen molar-refractivity contribution in [3.05, 3.63) is 16.5 Å². The molecule has 1 aliphatic heterocycles. The van der Waals surface area contributed by atoms with Crippen molar-refractivity contribution in [3.8, 4) is 0 Å². The Morgan fingerprint density at radius 3 is 2.87 bits per heavy atom. The SMILES string of the molecule is Clc1ncc(Cl)c(N2CC3CCC2C3)n1. The lowest BCUT2D eigenvalue weighted by Crippen LogP contribution is -2.32. The number of aromatic nitrogens is 2. The van der Waals surface area contributed by atoms with Crippen molar-refractivity contribution in [3.63, 3.8) is 0 Å². The van der Waals surface area contributed by atoms with Crippen molar-refractivity contribution >= 4 is 29.0 Å². The third kappa shape index (κ3) is 1.58. The molecule has 2 heterocycles. The second kappa shape index (κ2) is 3.49. The van der Waals surface area contributed by atoms with Gasteiger partial charge in [-0.25, -0.2) is 4.98 Å². The summed E-state index contributed by atoms with van der Waals surface area (Å²) in [6, 6.07) is 0.610. The third-order valence-corrected chi connectivity index (χ3v) is 3.83. The Morgan fingerprint density at radius 2 is 2.20 bits per heavy atom. The van der Waals surface area contributed by atoms with E-state index in [9.17, 15) is 0 Å². The number of hydrogen-bond donors (Lipinski definition) is 0. The topological polar surface area (TPSA) is 29.0 Å². The first-order chi connectivity index (χ1) is 7.24. The molecule has 1 aliphatic carbocycles. The van der Waals surface area contributed by atoms with E-state index in [1.807, 2.05) is 0 Å². The number of fused-ring (bicyclic) bond motifs is 2. The largest absolute Gasteiger partial charge is 0.352 e. The molecule has 1 saturated heterocycles. The molecular weight excluding hydrogens is 233 g/mol. The van der Waals surface area contributed by atoms with Gasteiger partial charge in [0.1, 0.15) is 5.02 Å². The van der Waals surface area contributed by atoms with Crippen LogP contribution in [0.2, 0.25) is 10.3 Å². The van der Waals surface area contributed by atoms with Crippen LogP contribution in [0.15, 0.2) is 6.20 Å². The molecule has 2 atom stereocenters. The maximum atomic E-state index is 6.09. The van der Waals surface area contributed by atoms with Crippen molar-refractivity contribution in [1.29, 1.82) is 0 Å². The fourth-order valence-electron chi connectivity index (χ4n) is 2.72. The van der Waals surface area contributed by atoms with Crippen LogP contribution in [-0.2, 0) is 0 Å². The van der Waals surface area contributed by atoms with Crippen LogP contribution in [0.5, 0.6) is 0 Å². The summed E-state index contributed by atoms with van der Waals surface area (Å²) in [5, 5.41) is 0.879. The summed E-state index contributed by atoms with van der Waals surface area (Å²) in [7, 11) is 0. The van der Waals surface area contributed by atoms with Crippen LogP contribution in [0.25, 0.3) is 0 Å². The average Bonchev–Trinajstić information content (AvgIpc) is 2.83. The van der Waals surface area contributed by atoms with Crippen molar-refractivity contribution in [1.82, 2.24) is 9.97 Å². The van der Waals surface area contributed by atoms with Crippen molar-refractivity contribution in [2.24, 2.45) is 5.92 Å². The summed E-state index contributed by atoms with van der Waals surface area (Å²) in [5.74, 6) is 1.63. The minimum absolute atomic E-state index is 0.275. The number of nitrogens with zero attached hydrogens (tertiary/aromatic N) is 3. The van der Waals surface area contributed by atoms with Crippen molar-refractivity contribution in [2.45, 2.75) is 25.3 Å². The van der Waals surface area contributed by atoms with Gasteiger partial charge in [-0.2, -0.15) is 4.98 Å². The Bertz CT molecular complexity index is 396. The van der Waals surface area contributed by atoms with Crippen LogP contribution in [0.4, 0.5) is 5.82 Å². The van der Waals surface area contributed by atoms with Crippen LogP contribution in [-0.4, -0.2) is 22.6 Å². The smallest absolute Gasteiger partial charge is 0.224 e. The van der Waals surface area contributed by atoms with Gasteiger partial charge in [-0.3, -0.25) is 0 Å². The molecule has 0 aromatic carbocycles. The number of anilines is 1. The Hall–Kier alpha value is -0.540. The van der Waals surface area contributed by atoms with Gasteiger partial charge < -0.3 is 4.90 Å². The minimum Gasteiger partial charge on any atom is -0.352 e. The number of halogens is 2. The summed E-state index contributed by atoms with van der Waals surface area (Å²) < 4.78 is 0. The predicted molar refractivity (Wildman–Crippen MR) is 60.5 cm³/mol. The first kappa shape index (κ1) is 9.67. The first-order valence-electron chi connectivity index (χ1n) is 5.18. The Balaban J connectivity index is 1.96. The van der Waals surface area contributed by atoms with Gasteiger partial charge in [0.05, 0.1) is 6.20 Å². The molecule has 15 heavy (non-hydrogen) atoms. The Kier molecular flexibility index (Phi) is 2.25. The highest BCUT2D eigenvalue weighted by Crippen LogP contribution is 2.41. The summed E-state index contributed by atoms with van der Waals surface area (Å²) in [4.78, 5) is 10.4. The lowest BCUT2D eigenvalue weighted by Gasteiger charge is -2.28. The number of rotatable bonds is 1. The van der Waals surface area contributed by atoms with E-state index in [0.29, 0.717) is 11.1 Å². The molecule has 0 spiro atoms. The maximum Gasteiger partial charge on any atom is 0.224 e. The summed E-state index contributed by atoms with van der Waals surface area (Å²) >= 11 is 11.9. The van der Waals surface area contributed by atoms with E-state index >= 15 is 0 Å². The molecule has 80 valence electrons. The van der Waals surface area contributed by atoms with Crippen LogP contribution in [0, 0.1) is 5.92 Å². The molecule has 0 N–H and O–H groups in total. The van der Waals surface area contributed by atoms with Gasteiger partial charge in [0.25, 0.3) is 0 Å². The van der Waals surface area contributed by atoms with E-state index in [0.717, 1.165) is 18.3 Å². The Labute approximate surface area is 98.4 Å². The summed E-state index contributed by atoms with van der Waals surface area (Å²) in [6.07, 6.45) is 5.45. The van der Waals surface area contributed by atoms with Crippen LogP contribution >= 0.6 is 23.2 Å². The lowest BCUT2D eigenvalue weighted by molar-refractivity contribution is 0.550. The monoisotopic (exact) mass is 243 g/mol. The highest BCUT2D eigenvalue weighted by Gasteiger charge is 2.39. The van der Waals surface area contributed by atoms with Crippen LogP contribution in [0.3, 0.4) is 0 Å². The molecular formula is C10H11Cl2N3. The second-order valence-electron chi connectivity index (χ2n) is 4.30. The van der Waals surface area contributed by atoms with Crippen LogP contribution < -0.4 is 4.90 Å². The summed E-state index contributed by atoms with van der Waals surface area (Å²) in [5.41, 5.74) is 0. The maximum absolute atomic E-state index is 6.09. The standard InChI is InChI=1S/C10H11Cl2N3/c11-8-4-13-10(12)14-9(8)15-5-6-1-2-7(15)3-6/h4,6-7H,1-3,5H2. The highest BCUT2D eigenvalue weighted by molar-refractivity contribution is 6.33. The highest BCUT2D eigenvalue weighted by atomic mass is 35.5. The van der Waals surface area contributed by atoms with E-state index in [2.05, 4.69) is 14.9 Å². The second-order valence-corrected chi connectivity index (χ2v) is 5.04. The van der Waals surface area contributed by atoms with E-state index < -0.39 is 0 Å². The molecule has 2 fully saturated rings. The molecule has 3 nitrogen and oxygen atoms in total. The van der Waals surface area contributed by atoms with Gasteiger partial charge in [0, 0.05) is 12.6 Å². The lowest BCUT2D eigenvalue weighted by atomic mass is 10.1. The molecule has 5 heteroatoms.